The molecule has 1 unspecified atom stereocenters. The molecule has 0 amide bonds. The maximum atomic E-state index is 12.6. The number of hydrogen-bond donors (Lipinski definition) is 1. The summed E-state index contributed by atoms with van der Waals surface area (Å²) < 4.78 is 37.8. The van der Waals surface area contributed by atoms with E-state index in [0.29, 0.717) is 17.9 Å². The molecule has 4 heteroatoms. The van der Waals surface area contributed by atoms with Crippen LogP contribution in [0.5, 0.6) is 5.75 Å². The molecule has 0 fully saturated rings. The van der Waals surface area contributed by atoms with Crippen molar-refractivity contribution < 1.29 is 18.3 Å². The molecule has 1 atom stereocenters. The fraction of sp³-hybridized carbons (Fsp3) is 0.600. The molecule has 0 aliphatic rings. The van der Waals surface area contributed by atoms with E-state index in [1.807, 2.05) is 0 Å². The molecular weight excluding hydrogens is 253 g/mol. The zero-order valence-electron chi connectivity index (χ0n) is 11.8. The number of alkyl halides is 3. The Morgan fingerprint density at radius 1 is 1.16 bits per heavy atom. The van der Waals surface area contributed by atoms with Crippen molar-refractivity contribution >= 4 is 0 Å². The van der Waals surface area contributed by atoms with Gasteiger partial charge in [-0.15, -0.1) is 0 Å². The Kier molecular flexibility index (Phi) is 4.54. The van der Waals surface area contributed by atoms with Crippen molar-refractivity contribution in [2.24, 2.45) is 11.3 Å². The summed E-state index contributed by atoms with van der Waals surface area (Å²) in [5, 5.41) is 9.65. The minimum absolute atomic E-state index is 0.0610. The topological polar surface area (TPSA) is 20.2 Å². The molecule has 0 bridgehead atoms. The highest BCUT2D eigenvalue weighted by molar-refractivity contribution is 5.37. The first-order valence-electron chi connectivity index (χ1n) is 6.41. The van der Waals surface area contributed by atoms with Crippen LogP contribution in [-0.2, 0) is 12.6 Å². The van der Waals surface area contributed by atoms with Crippen LogP contribution in [0.15, 0.2) is 18.2 Å². The summed E-state index contributed by atoms with van der Waals surface area (Å²) >= 11 is 0. The number of aryl methyl sites for hydroxylation is 1. The van der Waals surface area contributed by atoms with Crippen molar-refractivity contribution in [3.63, 3.8) is 0 Å². The van der Waals surface area contributed by atoms with Gasteiger partial charge in [0.1, 0.15) is 5.75 Å². The minimum atomic E-state index is -4.36. The molecule has 0 spiro atoms. The van der Waals surface area contributed by atoms with Gasteiger partial charge < -0.3 is 5.11 Å². The summed E-state index contributed by atoms with van der Waals surface area (Å²) in [5.41, 5.74) is -0.230. The number of aromatic hydroxyl groups is 1. The van der Waals surface area contributed by atoms with Gasteiger partial charge in [-0.25, -0.2) is 0 Å². The Hall–Kier alpha value is -1.19. The van der Waals surface area contributed by atoms with Gasteiger partial charge in [-0.2, -0.15) is 13.2 Å². The predicted molar refractivity (Wildman–Crippen MR) is 70.0 cm³/mol. The van der Waals surface area contributed by atoms with Gasteiger partial charge in [0.2, 0.25) is 0 Å². The van der Waals surface area contributed by atoms with Gasteiger partial charge in [-0.3, -0.25) is 0 Å². The average molecular weight is 274 g/mol. The second-order valence-corrected chi connectivity index (χ2v) is 6.15. The molecule has 1 N–H and O–H groups in total. The van der Waals surface area contributed by atoms with Gasteiger partial charge in [0.15, 0.2) is 0 Å². The number of halogens is 3. The third-order valence-corrected chi connectivity index (χ3v) is 3.73. The van der Waals surface area contributed by atoms with Crippen molar-refractivity contribution in [1.82, 2.24) is 0 Å². The predicted octanol–water partition coefficient (Wildman–Crippen LogP) is 5.03. The largest absolute Gasteiger partial charge is 0.508 e. The second-order valence-electron chi connectivity index (χ2n) is 6.15. The quantitative estimate of drug-likeness (QED) is 0.820. The van der Waals surface area contributed by atoms with E-state index in [4.69, 9.17) is 0 Å². The van der Waals surface area contributed by atoms with Gasteiger partial charge in [-0.05, 0) is 47.9 Å². The van der Waals surface area contributed by atoms with Crippen LogP contribution < -0.4 is 0 Å². The van der Waals surface area contributed by atoms with Crippen molar-refractivity contribution in [1.29, 1.82) is 0 Å². The summed E-state index contributed by atoms with van der Waals surface area (Å²) in [6.45, 7) is 8.38. The lowest BCUT2D eigenvalue weighted by Crippen LogP contribution is -2.17. The van der Waals surface area contributed by atoms with E-state index in [2.05, 4.69) is 27.7 Å². The lowest BCUT2D eigenvalue weighted by atomic mass is 9.79. The number of phenolic OH excluding ortho intramolecular Hbond substituents is 1. The average Bonchev–Trinajstić information content (AvgIpc) is 2.24. The van der Waals surface area contributed by atoms with Gasteiger partial charge >= 0.3 is 6.18 Å². The van der Waals surface area contributed by atoms with Crippen LogP contribution in [0, 0.1) is 11.3 Å². The highest BCUT2D eigenvalue weighted by atomic mass is 19.4. The number of rotatable bonds is 3. The molecule has 1 rings (SSSR count). The van der Waals surface area contributed by atoms with Gasteiger partial charge in [0, 0.05) is 0 Å². The zero-order chi connectivity index (χ0) is 14.8. The van der Waals surface area contributed by atoms with E-state index in [0.717, 1.165) is 24.6 Å². The van der Waals surface area contributed by atoms with Crippen LogP contribution in [0.4, 0.5) is 13.2 Å². The molecule has 1 aromatic carbocycles. The normalized spacial score (nSPS) is 14.5. The number of hydrogen-bond acceptors (Lipinski definition) is 1. The van der Waals surface area contributed by atoms with Crippen LogP contribution in [0.25, 0.3) is 0 Å². The first-order chi connectivity index (χ1) is 8.51. The molecule has 1 aromatic rings. The summed E-state index contributed by atoms with van der Waals surface area (Å²) in [6.07, 6.45) is -3.16. The third-order valence-electron chi connectivity index (χ3n) is 3.73. The van der Waals surface area contributed by atoms with Gasteiger partial charge in [0.05, 0.1) is 5.56 Å². The highest BCUT2D eigenvalue weighted by Gasteiger charge is 2.31. The Bertz CT molecular complexity index is 430. The molecule has 0 aliphatic heterocycles. The van der Waals surface area contributed by atoms with Crippen LogP contribution in [-0.4, -0.2) is 5.11 Å². The molecule has 0 saturated heterocycles. The van der Waals surface area contributed by atoms with E-state index < -0.39 is 11.7 Å². The molecule has 108 valence electrons. The Balaban J connectivity index is 2.84. The number of phenols is 1. The highest BCUT2D eigenvalue weighted by Crippen LogP contribution is 2.34. The molecule has 0 aromatic heterocycles. The van der Waals surface area contributed by atoms with Crippen molar-refractivity contribution in [2.45, 2.75) is 46.7 Å². The molecule has 0 aliphatic carbocycles. The third kappa shape index (κ3) is 4.44. The first kappa shape index (κ1) is 15.9. The Morgan fingerprint density at radius 3 is 2.21 bits per heavy atom. The van der Waals surface area contributed by atoms with Crippen LogP contribution in [0.1, 0.15) is 45.2 Å². The van der Waals surface area contributed by atoms with Crippen molar-refractivity contribution in [2.75, 3.05) is 0 Å². The van der Waals surface area contributed by atoms with E-state index in [-0.39, 0.29) is 11.2 Å². The Labute approximate surface area is 112 Å². The van der Waals surface area contributed by atoms with Gasteiger partial charge in [0.25, 0.3) is 0 Å². The van der Waals surface area contributed by atoms with Crippen molar-refractivity contribution in [3.8, 4) is 5.75 Å². The lowest BCUT2D eigenvalue weighted by Gasteiger charge is -2.27. The summed E-state index contributed by atoms with van der Waals surface area (Å²) in [4.78, 5) is 0. The molecule has 0 heterocycles. The van der Waals surface area contributed by atoms with Gasteiger partial charge in [-0.1, -0.05) is 27.7 Å². The van der Waals surface area contributed by atoms with E-state index in [1.165, 1.54) is 0 Å². The maximum Gasteiger partial charge on any atom is 0.416 e. The van der Waals surface area contributed by atoms with Crippen molar-refractivity contribution in [3.05, 3.63) is 29.3 Å². The molecule has 0 radical (unpaired) electrons. The zero-order valence-corrected chi connectivity index (χ0v) is 11.8. The monoisotopic (exact) mass is 274 g/mol. The van der Waals surface area contributed by atoms with E-state index in [1.54, 1.807) is 0 Å². The Morgan fingerprint density at radius 2 is 1.74 bits per heavy atom. The first-order valence-corrected chi connectivity index (χ1v) is 6.41. The number of benzene rings is 1. The van der Waals surface area contributed by atoms with Crippen LogP contribution in [0.2, 0.25) is 0 Å². The summed E-state index contributed by atoms with van der Waals surface area (Å²) in [6, 6.07) is 3.08. The lowest BCUT2D eigenvalue weighted by molar-refractivity contribution is -0.137. The fourth-order valence-corrected chi connectivity index (χ4v) is 1.77. The fourth-order valence-electron chi connectivity index (χ4n) is 1.77. The smallest absolute Gasteiger partial charge is 0.416 e. The van der Waals surface area contributed by atoms with Crippen LogP contribution >= 0.6 is 0 Å². The SMILES string of the molecule is CC(CCc1cc(C(F)(F)F)ccc1O)C(C)(C)C. The maximum absolute atomic E-state index is 12.6. The van der Waals surface area contributed by atoms with E-state index in [9.17, 15) is 18.3 Å². The molecule has 19 heavy (non-hydrogen) atoms. The molecule has 0 saturated carbocycles. The second kappa shape index (κ2) is 5.43. The van der Waals surface area contributed by atoms with Crippen LogP contribution in [0.3, 0.4) is 0 Å². The molecule has 1 nitrogen and oxygen atoms in total. The standard InChI is InChI=1S/C15H21F3O/c1-10(14(2,3)4)5-6-11-9-12(15(16,17)18)7-8-13(11)19/h7-10,19H,5-6H2,1-4H3. The van der Waals surface area contributed by atoms with E-state index >= 15 is 0 Å². The summed E-state index contributed by atoms with van der Waals surface area (Å²) in [7, 11) is 0. The minimum Gasteiger partial charge on any atom is -0.508 e. The summed E-state index contributed by atoms with van der Waals surface area (Å²) in [5.74, 6) is 0.301. The molecular formula is C15H21F3O.